The van der Waals surface area contributed by atoms with Gasteiger partial charge in [-0.1, -0.05) is 36.4 Å². The fourth-order valence-electron chi connectivity index (χ4n) is 4.27. The Morgan fingerprint density at radius 2 is 1.76 bits per heavy atom. The number of piperidine rings is 1. The smallest absolute Gasteiger partial charge is 0.253 e. The number of hydrogen-bond donors (Lipinski definition) is 5. The molecule has 1 unspecified atom stereocenters. The molecule has 0 bridgehead atoms. The van der Waals surface area contributed by atoms with Crippen LogP contribution < -0.4 is 11.1 Å². The van der Waals surface area contributed by atoms with Crippen molar-refractivity contribution in [2.24, 2.45) is 5.73 Å². The first kappa shape index (κ1) is 22.6. The zero-order valence-corrected chi connectivity index (χ0v) is 18.3. The maximum absolute atomic E-state index is 13.1. The van der Waals surface area contributed by atoms with Crippen molar-refractivity contribution in [3.05, 3.63) is 89.0 Å². The van der Waals surface area contributed by atoms with Gasteiger partial charge in [-0.15, -0.1) is 0 Å². The summed E-state index contributed by atoms with van der Waals surface area (Å²) < 4.78 is 0. The summed E-state index contributed by atoms with van der Waals surface area (Å²) in [7, 11) is 0. The van der Waals surface area contributed by atoms with E-state index in [1.807, 2.05) is 17.0 Å². The van der Waals surface area contributed by atoms with E-state index < -0.39 is 6.23 Å². The number of amides is 1. The van der Waals surface area contributed by atoms with E-state index in [4.69, 9.17) is 5.73 Å². The molecule has 1 saturated heterocycles. The number of phenolic OH excluding ortho intramolecular Hbond substituents is 2. The van der Waals surface area contributed by atoms with Gasteiger partial charge in [-0.3, -0.25) is 4.79 Å². The number of nitrogens with zero attached hydrogens (tertiary/aromatic N) is 1. The van der Waals surface area contributed by atoms with Crippen molar-refractivity contribution >= 4 is 11.6 Å². The van der Waals surface area contributed by atoms with Gasteiger partial charge in [0.1, 0.15) is 0 Å². The Labute approximate surface area is 193 Å². The molecule has 7 heteroatoms. The highest BCUT2D eigenvalue weighted by Crippen LogP contribution is 2.30. The molecule has 1 amide bonds. The van der Waals surface area contributed by atoms with Crippen molar-refractivity contribution in [1.82, 2.24) is 4.90 Å². The Balaban J connectivity index is 1.39. The van der Waals surface area contributed by atoms with Gasteiger partial charge in [0, 0.05) is 36.4 Å². The lowest BCUT2D eigenvalue weighted by molar-refractivity contribution is 0.0713. The molecule has 3 aromatic rings. The zero-order valence-electron chi connectivity index (χ0n) is 18.3. The highest BCUT2D eigenvalue weighted by molar-refractivity contribution is 5.95. The molecule has 0 aromatic heterocycles. The second-order valence-electron chi connectivity index (χ2n) is 8.39. The van der Waals surface area contributed by atoms with Gasteiger partial charge < -0.3 is 31.3 Å². The van der Waals surface area contributed by atoms with Gasteiger partial charge in [-0.25, -0.2) is 0 Å². The maximum atomic E-state index is 13.1. The Hall–Kier alpha value is -3.55. The summed E-state index contributed by atoms with van der Waals surface area (Å²) in [5, 5.41) is 32.5. The number of hydrogen-bond acceptors (Lipinski definition) is 6. The van der Waals surface area contributed by atoms with Crippen LogP contribution in [0.3, 0.4) is 0 Å². The van der Waals surface area contributed by atoms with Crippen LogP contribution in [0.2, 0.25) is 0 Å². The molecular weight excluding hydrogens is 418 g/mol. The van der Waals surface area contributed by atoms with E-state index in [1.165, 1.54) is 23.8 Å². The Kier molecular flexibility index (Phi) is 6.82. The summed E-state index contributed by atoms with van der Waals surface area (Å²) in [4.78, 5) is 15.0. The highest BCUT2D eigenvalue weighted by atomic mass is 16.3. The second kappa shape index (κ2) is 9.94. The molecule has 1 heterocycles. The molecule has 6 N–H and O–H groups in total. The minimum atomic E-state index is -1.11. The lowest BCUT2D eigenvalue weighted by Gasteiger charge is -2.32. The van der Waals surface area contributed by atoms with E-state index in [-0.39, 0.29) is 17.4 Å². The molecule has 0 aliphatic carbocycles. The predicted molar refractivity (Wildman–Crippen MR) is 127 cm³/mol. The summed E-state index contributed by atoms with van der Waals surface area (Å²) in [5.41, 5.74) is 9.69. The number of carbonyl (C=O) groups is 1. The van der Waals surface area contributed by atoms with Crippen LogP contribution in [-0.4, -0.2) is 39.2 Å². The van der Waals surface area contributed by atoms with Crippen molar-refractivity contribution in [2.45, 2.75) is 31.5 Å². The quantitative estimate of drug-likeness (QED) is 0.291. The largest absolute Gasteiger partial charge is 0.504 e. The second-order valence-corrected chi connectivity index (χ2v) is 8.39. The summed E-state index contributed by atoms with van der Waals surface area (Å²) in [6, 6.07) is 19.5. The van der Waals surface area contributed by atoms with Crippen molar-refractivity contribution in [3.8, 4) is 11.5 Å². The maximum Gasteiger partial charge on any atom is 0.253 e. The van der Waals surface area contributed by atoms with Crippen LogP contribution in [0, 0.1) is 0 Å². The number of nitrogens with one attached hydrogen (secondary N) is 1. The van der Waals surface area contributed by atoms with Gasteiger partial charge in [-0.2, -0.15) is 0 Å². The summed E-state index contributed by atoms with van der Waals surface area (Å²) >= 11 is 0. The van der Waals surface area contributed by atoms with Crippen molar-refractivity contribution in [2.75, 3.05) is 18.4 Å². The number of aliphatic hydroxyl groups excluding tert-OH is 1. The van der Waals surface area contributed by atoms with Crippen LogP contribution in [0.5, 0.6) is 11.5 Å². The SMILES string of the molecule is NCc1cccc(C2CCN(C(=O)c3cccc(NC(O)c4ccc(O)c(O)c4)c3)CC2)c1. The number of aromatic hydroxyl groups is 2. The number of likely N-dealkylation sites (tertiary alicyclic amines) is 1. The normalized spacial score (nSPS) is 15.3. The van der Waals surface area contributed by atoms with E-state index in [9.17, 15) is 20.1 Å². The van der Waals surface area contributed by atoms with E-state index in [1.54, 1.807) is 24.3 Å². The van der Waals surface area contributed by atoms with Gasteiger partial charge >= 0.3 is 0 Å². The molecule has 0 spiro atoms. The first-order valence-electron chi connectivity index (χ1n) is 11.1. The molecule has 4 rings (SSSR count). The number of benzene rings is 3. The minimum absolute atomic E-state index is 0.0374. The van der Waals surface area contributed by atoms with Crippen LogP contribution >= 0.6 is 0 Å². The third-order valence-corrected chi connectivity index (χ3v) is 6.17. The van der Waals surface area contributed by atoms with Crippen LogP contribution in [-0.2, 0) is 6.54 Å². The first-order chi connectivity index (χ1) is 15.9. The molecule has 33 heavy (non-hydrogen) atoms. The highest BCUT2D eigenvalue weighted by Gasteiger charge is 2.25. The average molecular weight is 448 g/mol. The third kappa shape index (κ3) is 5.27. The molecule has 1 aliphatic heterocycles. The van der Waals surface area contributed by atoms with E-state index in [2.05, 4.69) is 17.4 Å². The number of carbonyl (C=O) groups excluding carboxylic acids is 1. The molecule has 1 fully saturated rings. The molecule has 1 atom stereocenters. The van der Waals surface area contributed by atoms with Crippen molar-refractivity contribution in [3.63, 3.8) is 0 Å². The number of phenols is 2. The van der Waals surface area contributed by atoms with Crippen LogP contribution in [0.15, 0.2) is 66.7 Å². The van der Waals surface area contributed by atoms with Gasteiger partial charge in [0.05, 0.1) is 0 Å². The topological polar surface area (TPSA) is 119 Å². The fraction of sp³-hybridized carbons (Fsp3) is 0.269. The molecule has 0 saturated carbocycles. The Morgan fingerprint density at radius 1 is 1.00 bits per heavy atom. The van der Waals surface area contributed by atoms with Crippen LogP contribution in [0.25, 0.3) is 0 Å². The van der Waals surface area contributed by atoms with E-state index >= 15 is 0 Å². The van der Waals surface area contributed by atoms with Gasteiger partial charge in [-0.05, 0) is 60.2 Å². The van der Waals surface area contributed by atoms with Gasteiger partial charge in [0.25, 0.3) is 5.91 Å². The van der Waals surface area contributed by atoms with Crippen LogP contribution in [0.1, 0.15) is 52.0 Å². The summed E-state index contributed by atoms with van der Waals surface area (Å²) in [6.45, 7) is 1.89. The average Bonchev–Trinajstić information content (AvgIpc) is 2.85. The minimum Gasteiger partial charge on any atom is -0.504 e. The number of rotatable bonds is 6. The summed E-state index contributed by atoms with van der Waals surface area (Å²) in [5.74, 6) is -0.181. The molecular formula is C26H29N3O4. The monoisotopic (exact) mass is 447 g/mol. The fourth-order valence-corrected chi connectivity index (χ4v) is 4.27. The third-order valence-electron chi connectivity index (χ3n) is 6.17. The van der Waals surface area contributed by atoms with Crippen molar-refractivity contribution < 1.29 is 20.1 Å². The molecule has 172 valence electrons. The van der Waals surface area contributed by atoms with Crippen molar-refractivity contribution in [1.29, 1.82) is 0 Å². The predicted octanol–water partition coefficient (Wildman–Crippen LogP) is 3.68. The lowest BCUT2D eigenvalue weighted by Crippen LogP contribution is -2.38. The zero-order chi connectivity index (χ0) is 23.4. The molecule has 0 radical (unpaired) electrons. The molecule has 1 aliphatic rings. The molecule has 3 aromatic carbocycles. The number of nitrogens with two attached hydrogens (primary N) is 1. The number of aliphatic hydroxyl groups is 1. The lowest BCUT2D eigenvalue weighted by atomic mass is 9.88. The molecule has 7 nitrogen and oxygen atoms in total. The van der Waals surface area contributed by atoms with E-state index in [0.717, 1.165) is 18.4 Å². The summed E-state index contributed by atoms with van der Waals surface area (Å²) in [6.07, 6.45) is 0.698. The van der Waals surface area contributed by atoms with Crippen LogP contribution in [0.4, 0.5) is 5.69 Å². The van der Waals surface area contributed by atoms with Gasteiger partial charge in [0.2, 0.25) is 0 Å². The Morgan fingerprint density at radius 3 is 2.48 bits per heavy atom. The first-order valence-corrected chi connectivity index (χ1v) is 11.1. The Bertz CT molecular complexity index is 1130. The van der Waals surface area contributed by atoms with E-state index in [0.29, 0.717) is 42.4 Å². The standard InChI is InChI=1S/C26H29N3O4/c27-16-17-3-1-4-19(13-17)18-9-11-29(12-10-18)26(33)21-5-2-6-22(14-21)28-25(32)20-7-8-23(30)24(31)15-20/h1-8,13-15,18,25,28,30-32H,9-12,16,27H2. The number of anilines is 1. The van der Waals surface area contributed by atoms with Gasteiger partial charge in [0.15, 0.2) is 17.7 Å².